The standard InChI is InChI=1S/C15H28O.C8H10O2S.C2H2/c1-13-10-11-15(12-13)9-7-5-4-6-8-14(2)16-3;1-2-3-6-4-5-7(11-6)8(9)10;1-2/h7,9,13-15H,4-6,8,10-12H2,1-3H3;4-5H,2-3H2,1H3,(H,9,10);1-2H/b9-7+;;/t13-,14-,15+;;/m1../s1. The molecular formula is C25H40O3S. The van der Waals surface area contributed by atoms with Gasteiger partial charge in [-0.15, -0.1) is 24.2 Å². The van der Waals surface area contributed by atoms with Crippen LogP contribution in [0.4, 0.5) is 0 Å². The Hall–Kier alpha value is -1.57. The molecule has 1 saturated carbocycles. The number of aryl methyl sites for hydroxylation is 1. The molecule has 3 atom stereocenters. The number of carbonyl (C=O) groups is 1. The molecule has 0 radical (unpaired) electrons. The van der Waals surface area contributed by atoms with E-state index in [1.807, 2.05) is 6.07 Å². The van der Waals surface area contributed by atoms with E-state index in [-0.39, 0.29) is 0 Å². The van der Waals surface area contributed by atoms with Gasteiger partial charge in [0.2, 0.25) is 0 Å². The Morgan fingerprint density at radius 1 is 1.34 bits per heavy atom. The fourth-order valence-electron chi connectivity index (χ4n) is 3.40. The van der Waals surface area contributed by atoms with E-state index in [1.165, 1.54) is 56.3 Å². The molecule has 164 valence electrons. The number of hydrogen-bond acceptors (Lipinski definition) is 3. The van der Waals surface area contributed by atoms with Gasteiger partial charge in [-0.05, 0) is 69.4 Å². The molecule has 0 bridgehead atoms. The van der Waals surface area contributed by atoms with Crippen molar-refractivity contribution in [2.75, 3.05) is 7.11 Å². The van der Waals surface area contributed by atoms with Crippen LogP contribution in [0.1, 0.15) is 86.7 Å². The molecule has 29 heavy (non-hydrogen) atoms. The molecule has 0 saturated heterocycles. The Balaban J connectivity index is 0.000000526. The summed E-state index contributed by atoms with van der Waals surface area (Å²) < 4.78 is 5.23. The fraction of sp³-hybridized carbons (Fsp3) is 0.640. The minimum Gasteiger partial charge on any atom is -0.477 e. The second-order valence-corrected chi connectivity index (χ2v) is 8.93. The van der Waals surface area contributed by atoms with Crippen LogP contribution in [0.5, 0.6) is 0 Å². The van der Waals surface area contributed by atoms with E-state index in [1.54, 1.807) is 13.2 Å². The molecule has 0 unspecified atom stereocenters. The molecule has 0 aliphatic heterocycles. The molecule has 3 nitrogen and oxygen atoms in total. The number of unbranched alkanes of at least 4 members (excludes halogenated alkanes) is 2. The molecule has 1 aliphatic carbocycles. The number of terminal acetylenes is 1. The average molecular weight is 421 g/mol. The first-order valence-electron chi connectivity index (χ1n) is 10.8. The average Bonchev–Trinajstić information content (AvgIpc) is 3.36. The normalized spacial score (nSPS) is 19.1. The van der Waals surface area contributed by atoms with Gasteiger partial charge in [0.05, 0.1) is 6.10 Å². The van der Waals surface area contributed by atoms with Gasteiger partial charge in [-0.3, -0.25) is 0 Å². The van der Waals surface area contributed by atoms with Gasteiger partial charge in [-0.2, -0.15) is 0 Å². The topological polar surface area (TPSA) is 46.5 Å². The number of allylic oxidation sites excluding steroid dienone is 2. The quantitative estimate of drug-likeness (QED) is 0.247. The lowest BCUT2D eigenvalue weighted by atomic mass is 10.0. The number of carboxylic acid groups (broad SMARTS) is 1. The van der Waals surface area contributed by atoms with E-state index in [0.29, 0.717) is 11.0 Å². The molecule has 4 heteroatoms. The number of hydrogen-bond donors (Lipinski definition) is 1. The number of aromatic carboxylic acids is 1. The zero-order valence-electron chi connectivity index (χ0n) is 18.7. The smallest absolute Gasteiger partial charge is 0.345 e. The van der Waals surface area contributed by atoms with Gasteiger partial charge in [-0.25, -0.2) is 4.79 Å². The largest absolute Gasteiger partial charge is 0.477 e. The first-order valence-corrected chi connectivity index (χ1v) is 11.6. The van der Waals surface area contributed by atoms with Crippen molar-refractivity contribution in [2.24, 2.45) is 11.8 Å². The number of ether oxygens (including phenoxy) is 1. The van der Waals surface area contributed by atoms with Crippen LogP contribution in [-0.4, -0.2) is 24.3 Å². The molecule has 2 rings (SSSR count). The second kappa shape index (κ2) is 17.3. The second-order valence-electron chi connectivity index (χ2n) is 7.76. The zero-order valence-corrected chi connectivity index (χ0v) is 19.5. The van der Waals surface area contributed by atoms with Crippen molar-refractivity contribution in [3.05, 3.63) is 34.0 Å². The van der Waals surface area contributed by atoms with Crippen LogP contribution < -0.4 is 0 Å². The van der Waals surface area contributed by atoms with Gasteiger partial charge in [0.25, 0.3) is 0 Å². The first kappa shape index (κ1) is 27.4. The Labute approximate surface area is 182 Å². The molecule has 1 heterocycles. The zero-order chi connectivity index (χ0) is 22.1. The highest BCUT2D eigenvalue weighted by Gasteiger charge is 2.18. The van der Waals surface area contributed by atoms with E-state index < -0.39 is 5.97 Å². The van der Waals surface area contributed by atoms with E-state index >= 15 is 0 Å². The van der Waals surface area contributed by atoms with Crippen LogP contribution in [0, 0.1) is 24.7 Å². The maximum atomic E-state index is 10.4. The van der Waals surface area contributed by atoms with E-state index in [2.05, 4.69) is 45.8 Å². The summed E-state index contributed by atoms with van der Waals surface area (Å²) in [7, 11) is 1.80. The summed E-state index contributed by atoms with van der Waals surface area (Å²) in [4.78, 5) is 12.0. The van der Waals surface area contributed by atoms with Crippen molar-refractivity contribution < 1.29 is 14.6 Å². The maximum absolute atomic E-state index is 10.4. The molecule has 0 amide bonds. The minimum absolute atomic E-state index is 0.430. The number of methoxy groups -OCH3 is 1. The maximum Gasteiger partial charge on any atom is 0.345 e. The molecule has 1 N–H and O–H groups in total. The van der Waals surface area contributed by atoms with Gasteiger partial charge < -0.3 is 9.84 Å². The van der Waals surface area contributed by atoms with Crippen molar-refractivity contribution >= 4 is 17.3 Å². The van der Waals surface area contributed by atoms with Crippen LogP contribution in [0.2, 0.25) is 0 Å². The number of thiophene rings is 1. The number of rotatable bonds is 10. The predicted octanol–water partition coefficient (Wildman–Crippen LogP) is 7.22. The third-order valence-corrected chi connectivity index (χ3v) is 6.28. The highest BCUT2D eigenvalue weighted by atomic mass is 32.1. The summed E-state index contributed by atoms with van der Waals surface area (Å²) in [5.74, 6) is 1.02. The third kappa shape index (κ3) is 13.3. The summed E-state index contributed by atoms with van der Waals surface area (Å²) in [5.41, 5.74) is 0. The van der Waals surface area contributed by atoms with E-state index in [0.717, 1.165) is 29.6 Å². The monoisotopic (exact) mass is 420 g/mol. The molecule has 0 spiro atoms. The summed E-state index contributed by atoms with van der Waals surface area (Å²) in [5, 5.41) is 8.58. The van der Waals surface area contributed by atoms with E-state index in [4.69, 9.17) is 9.84 Å². The molecule has 1 fully saturated rings. The van der Waals surface area contributed by atoms with E-state index in [9.17, 15) is 4.79 Å². The lowest BCUT2D eigenvalue weighted by molar-refractivity contribution is 0.0702. The van der Waals surface area contributed by atoms with Crippen LogP contribution >= 0.6 is 11.3 Å². The van der Waals surface area contributed by atoms with Crippen molar-refractivity contribution in [1.82, 2.24) is 0 Å². The Kier molecular flexibility index (Phi) is 16.4. The summed E-state index contributed by atoms with van der Waals surface area (Å²) in [6.45, 7) is 6.61. The van der Waals surface area contributed by atoms with Crippen LogP contribution in [0.25, 0.3) is 0 Å². The SMILES string of the molecule is C#C.CCCc1ccc(C(=O)O)s1.CO[C@H](C)CCCC/C=C/[C@H]1CC[C@@H](C)C1. The molecule has 1 aromatic rings. The first-order chi connectivity index (χ1) is 14.0. The highest BCUT2D eigenvalue weighted by Crippen LogP contribution is 2.31. The molecule has 0 aromatic carbocycles. The molecular weight excluding hydrogens is 380 g/mol. The van der Waals surface area contributed by atoms with Gasteiger partial charge in [0, 0.05) is 12.0 Å². The van der Waals surface area contributed by atoms with Crippen molar-refractivity contribution in [3.8, 4) is 12.8 Å². The molecule has 1 aromatic heterocycles. The lowest BCUT2D eigenvalue weighted by Crippen LogP contribution is -2.03. The Morgan fingerprint density at radius 3 is 2.59 bits per heavy atom. The molecule has 1 aliphatic rings. The van der Waals surface area contributed by atoms with Crippen LogP contribution in [-0.2, 0) is 11.2 Å². The van der Waals surface area contributed by atoms with Crippen molar-refractivity contribution in [1.29, 1.82) is 0 Å². The summed E-state index contributed by atoms with van der Waals surface area (Å²) in [6.07, 6.45) is 24.7. The van der Waals surface area contributed by atoms with Crippen molar-refractivity contribution in [3.63, 3.8) is 0 Å². The minimum atomic E-state index is -0.822. The summed E-state index contributed by atoms with van der Waals surface area (Å²) in [6, 6.07) is 3.55. The Bertz CT molecular complexity index is 588. The lowest BCUT2D eigenvalue weighted by Gasteiger charge is -2.07. The van der Waals surface area contributed by atoms with Gasteiger partial charge in [0.15, 0.2) is 0 Å². The highest BCUT2D eigenvalue weighted by molar-refractivity contribution is 7.13. The van der Waals surface area contributed by atoms with Crippen LogP contribution in [0.3, 0.4) is 0 Å². The number of carboxylic acids is 1. The Morgan fingerprint density at radius 2 is 2.07 bits per heavy atom. The predicted molar refractivity (Wildman–Crippen MR) is 126 cm³/mol. The van der Waals surface area contributed by atoms with Crippen molar-refractivity contribution in [2.45, 2.75) is 84.7 Å². The fourth-order valence-corrected chi connectivity index (χ4v) is 4.35. The van der Waals surface area contributed by atoms with Crippen LogP contribution in [0.15, 0.2) is 24.3 Å². The van der Waals surface area contributed by atoms with Gasteiger partial charge in [-0.1, -0.05) is 45.3 Å². The summed E-state index contributed by atoms with van der Waals surface area (Å²) >= 11 is 1.37. The van der Waals surface area contributed by atoms with Gasteiger partial charge in [0.1, 0.15) is 4.88 Å². The van der Waals surface area contributed by atoms with Gasteiger partial charge >= 0.3 is 5.97 Å². The third-order valence-electron chi connectivity index (χ3n) is 5.15.